The highest BCUT2D eigenvalue weighted by molar-refractivity contribution is 5.43. The molecule has 2 fully saturated rings. The maximum Gasteiger partial charge on any atom is 0.132 e. The van der Waals surface area contributed by atoms with Gasteiger partial charge in [-0.2, -0.15) is 0 Å². The number of hydrogen-bond donors (Lipinski definition) is 1. The molecule has 2 aromatic carbocycles. The van der Waals surface area contributed by atoms with Gasteiger partial charge < -0.3 is 10.1 Å². The highest BCUT2D eigenvalue weighted by Crippen LogP contribution is 2.45. The maximum atomic E-state index is 14.8. The van der Waals surface area contributed by atoms with E-state index < -0.39 is 17.2 Å². The van der Waals surface area contributed by atoms with Crippen molar-refractivity contribution in [3.63, 3.8) is 0 Å². The van der Waals surface area contributed by atoms with E-state index in [1.54, 1.807) is 18.2 Å². The van der Waals surface area contributed by atoms with Crippen molar-refractivity contribution in [3.05, 3.63) is 78.1 Å². The van der Waals surface area contributed by atoms with Crippen LogP contribution in [0, 0.1) is 22.9 Å². The first kappa shape index (κ1) is 24.8. The first-order chi connectivity index (χ1) is 16.4. The normalized spacial score (nSPS) is 24.8. The molecular formula is C28H35F3N2O. The minimum atomic E-state index is -1.01. The summed E-state index contributed by atoms with van der Waals surface area (Å²) in [7, 11) is 0. The van der Waals surface area contributed by atoms with Gasteiger partial charge in [-0.3, -0.25) is 4.90 Å². The minimum Gasteiger partial charge on any atom is -0.382 e. The monoisotopic (exact) mass is 472 g/mol. The van der Waals surface area contributed by atoms with Crippen LogP contribution in [0.5, 0.6) is 0 Å². The summed E-state index contributed by atoms with van der Waals surface area (Å²) in [4.78, 5) is 2.36. The molecule has 0 aromatic heterocycles. The molecule has 0 amide bonds. The zero-order chi connectivity index (χ0) is 24.2. The van der Waals surface area contributed by atoms with Crippen LogP contribution in [0.4, 0.5) is 18.9 Å². The first-order valence-corrected chi connectivity index (χ1v) is 12.3. The number of nitrogens with zero attached hydrogens (tertiary/aromatic N) is 1. The maximum absolute atomic E-state index is 14.8. The average molecular weight is 473 g/mol. The molecule has 1 aliphatic heterocycles. The van der Waals surface area contributed by atoms with Crippen LogP contribution in [0.2, 0.25) is 0 Å². The Morgan fingerprint density at radius 3 is 2.44 bits per heavy atom. The molecule has 0 bridgehead atoms. The molecule has 1 aliphatic carbocycles. The smallest absolute Gasteiger partial charge is 0.132 e. The molecule has 2 aromatic rings. The third kappa shape index (κ3) is 5.49. The quantitative estimate of drug-likeness (QED) is 0.413. The van der Waals surface area contributed by atoms with Gasteiger partial charge in [0, 0.05) is 43.1 Å². The second-order valence-electron chi connectivity index (χ2n) is 9.95. The average Bonchev–Trinajstić information content (AvgIpc) is 3.22. The van der Waals surface area contributed by atoms with Gasteiger partial charge in [0.1, 0.15) is 23.1 Å². The second kappa shape index (κ2) is 10.5. The van der Waals surface area contributed by atoms with Gasteiger partial charge in [-0.05, 0) is 86.9 Å². The highest BCUT2D eigenvalue weighted by atomic mass is 19.1. The lowest BCUT2D eigenvalue weighted by Gasteiger charge is -2.39. The van der Waals surface area contributed by atoms with Crippen LogP contribution in [0.3, 0.4) is 0 Å². The van der Waals surface area contributed by atoms with E-state index in [0.717, 1.165) is 63.4 Å². The van der Waals surface area contributed by atoms with Crippen LogP contribution in [-0.4, -0.2) is 37.2 Å². The number of benzene rings is 2. The first-order valence-electron chi connectivity index (χ1n) is 12.3. The lowest BCUT2D eigenvalue weighted by atomic mass is 9.72. The van der Waals surface area contributed by atoms with Crippen molar-refractivity contribution in [1.29, 1.82) is 0 Å². The van der Waals surface area contributed by atoms with Crippen LogP contribution >= 0.6 is 0 Å². The molecule has 184 valence electrons. The van der Waals surface area contributed by atoms with E-state index in [1.807, 2.05) is 6.92 Å². The van der Waals surface area contributed by atoms with Crippen molar-refractivity contribution in [3.8, 4) is 0 Å². The Morgan fingerprint density at radius 2 is 1.79 bits per heavy atom. The van der Waals surface area contributed by atoms with E-state index in [1.165, 1.54) is 24.3 Å². The molecule has 3 nitrogen and oxygen atoms in total. The molecule has 1 unspecified atom stereocenters. The summed E-state index contributed by atoms with van der Waals surface area (Å²) in [6, 6.07) is 10.6. The summed E-state index contributed by atoms with van der Waals surface area (Å²) in [6.45, 7) is 8.82. The Balaban J connectivity index is 1.41. The Labute approximate surface area is 201 Å². The summed E-state index contributed by atoms with van der Waals surface area (Å²) >= 11 is 0. The minimum absolute atomic E-state index is 0.224. The Morgan fingerprint density at radius 1 is 1.09 bits per heavy atom. The summed E-state index contributed by atoms with van der Waals surface area (Å²) in [6.07, 6.45) is 7.93. The van der Waals surface area contributed by atoms with Crippen LogP contribution in [0.25, 0.3) is 0 Å². The highest BCUT2D eigenvalue weighted by Gasteiger charge is 2.44. The van der Waals surface area contributed by atoms with Crippen molar-refractivity contribution >= 4 is 5.69 Å². The van der Waals surface area contributed by atoms with Gasteiger partial charge in [0.05, 0.1) is 0 Å². The van der Waals surface area contributed by atoms with Crippen LogP contribution < -0.4 is 5.32 Å². The van der Waals surface area contributed by atoms with Crippen molar-refractivity contribution in [1.82, 2.24) is 4.90 Å². The zero-order valence-electron chi connectivity index (χ0n) is 20.0. The molecule has 1 saturated heterocycles. The zero-order valence-corrected chi connectivity index (χ0v) is 20.0. The third-order valence-corrected chi connectivity index (χ3v) is 7.52. The van der Waals surface area contributed by atoms with Crippen LogP contribution in [0.1, 0.15) is 51.0 Å². The molecule has 34 heavy (non-hydrogen) atoms. The molecule has 2 aliphatic rings. The van der Waals surface area contributed by atoms with Gasteiger partial charge in [-0.1, -0.05) is 19.6 Å². The predicted octanol–water partition coefficient (Wildman–Crippen LogP) is 6.66. The van der Waals surface area contributed by atoms with E-state index in [0.29, 0.717) is 24.8 Å². The lowest BCUT2D eigenvalue weighted by molar-refractivity contribution is -0.0365. The predicted molar refractivity (Wildman–Crippen MR) is 130 cm³/mol. The summed E-state index contributed by atoms with van der Waals surface area (Å²) in [5.74, 6) is -1.42. The fourth-order valence-corrected chi connectivity index (χ4v) is 5.62. The summed E-state index contributed by atoms with van der Waals surface area (Å²) in [5.41, 5.74) is 0.534. The van der Waals surface area contributed by atoms with Crippen molar-refractivity contribution in [2.45, 2.75) is 57.1 Å². The van der Waals surface area contributed by atoms with Gasteiger partial charge in [-0.25, -0.2) is 13.2 Å². The lowest BCUT2D eigenvalue weighted by Crippen LogP contribution is -2.43. The molecule has 6 heteroatoms. The van der Waals surface area contributed by atoms with Gasteiger partial charge >= 0.3 is 0 Å². The molecule has 1 spiro atoms. The van der Waals surface area contributed by atoms with E-state index >= 15 is 0 Å². The van der Waals surface area contributed by atoms with Gasteiger partial charge in [0.15, 0.2) is 0 Å². The molecular weight excluding hydrogens is 437 g/mol. The number of rotatable bonds is 9. The van der Waals surface area contributed by atoms with Crippen molar-refractivity contribution in [2.24, 2.45) is 5.41 Å². The number of nitrogens with one attached hydrogen (secondary N) is 1. The van der Waals surface area contributed by atoms with Crippen LogP contribution in [0.15, 0.2) is 55.1 Å². The van der Waals surface area contributed by atoms with Crippen molar-refractivity contribution in [2.75, 3.05) is 31.6 Å². The number of ether oxygens (including phenoxy) is 1. The Hall–Kier alpha value is -2.31. The topological polar surface area (TPSA) is 24.5 Å². The van der Waals surface area contributed by atoms with E-state index in [9.17, 15) is 13.2 Å². The fraction of sp³-hybridized carbons (Fsp3) is 0.500. The molecule has 1 heterocycles. The van der Waals surface area contributed by atoms with Crippen LogP contribution in [-0.2, 0) is 10.3 Å². The molecule has 1 saturated carbocycles. The summed E-state index contributed by atoms with van der Waals surface area (Å²) in [5, 5.41) is 3.54. The van der Waals surface area contributed by atoms with E-state index in [4.69, 9.17) is 4.74 Å². The van der Waals surface area contributed by atoms with Gasteiger partial charge in [-0.15, -0.1) is 0 Å². The van der Waals surface area contributed by atoms with Gasteiger partial charge in [0.25, 0.3) is 0 Å². The molecule has 0 radical (unpaired) electrons. The number of halogens is 3. The Bertz CT molecular complexity index is 972. The SMILES string of the molecule is C=CC(CN1CCC2(CCC(Nc3ccc(F)cc3)CC2)C1)(OCCC)c1ccc(F)cc1F. The Kier molecular flexibility index (Phi) is 7.68. The number of anilines is 1. The standard InChI is InChI=1S/C28H35F3N2O/c1-3-17-34-28(4-2,25-10-7-22(30)18-26(25)31)20-33-16-15-27(19-33)13-11-24(12-14-27)32-23-8-5-21(29)6-9-23/h4-10,18,24,32H,2-3,11-17,19-20H2,1H3. The number of hydrogen-bond acceptors (Lipinski definition) is 3. The van der Waals surface area contributed by atoms with Crippen molar-refractivity contribution < 1.29 is 17.9 Å². The number of likely N-dealkylation sites (tertiary alicyclic amines) is 1. The fourth-order valence-electron chi connectivity index (χ4n) is 5.62. The summed E-state index contributed by atoms with van der Waals surface area (Å²) < 4.78 is 47.8. The largest absolute Gasteiger partial charge is 0.382 e. The third-order valence-electron chi connectivity index (χ3n) is 7.52. The molecule has 1 atom stereocenters. The van der Waals surface area contributed by atoms with E-state index in [-0.39, 0.29) is 11.2 Å². The molecule has 1 N–H and O–H groups in total. The van der Waals surface area contributed by atoms with E-state index in [2.05, 4.69) is 16.8 Å². The van der Waals surface area contributed by atoms with Gasteiger partial charge in [0.2, 0.25) is 0 Å². The molecule has 4 rings (SSSR count). The second-order valence-corrected chi connectivity index (χ2v) is 9.95.